The molecule has 22 heavy (non-hydrogen) atoms. The monoisotopic (exact) mass is 298 g/mol. The summed E-state index contributed by atoms with van der Waals surface area (Å²) in [6.07, 6.45) is 2.60. The van der Waals surface area contributed by atoms with Gasteiger partial charge in [0.2, 0.25) is 5.91 Å². The first-order valence-corrected chi connectivity index (χ1v) is 7.79. The SMILES string of the molecule is COc1ccc2cc(CNC(=O)CNCC3CC3)ccc2c1. The average Bonchev–Trinajstić information content (AvgIpc) is 3.36. The van der Waals surface area contributed by atoms with E-state index in [0.717, 1.165) is 34.5 Å². The molecule has 0 radical (unpaired) electrons. The van der Waals surface area contributed by atoms with Gasteiger partial charge in [-0.2, -0.15) is 0 Å². The van der Waals surface area contributed by atoms with Crippen molar-refractivity contribution in [3.63, 3.8) is 0 Å². The summed E-state index contributed by atoms with van der Waals surface area (Å²) >= 11 is 0. The molecule has 1 aliphatic rings. The van der Waals surface area contributed by atoms with Gasteiger partial charge in [0.15, 0.2) is 0 Å². The summed E-state index contributed by atoms with van der Waals surface area (Å²) in [4.78, 5) is 11.8. The van der Waals surface area contributed by atoms with Crippen molar-refractivity contribution in [3.8, 4) is 5.75 Å². The molecular formula is C18H22N2O2. The Balaban J connectivity index is 1.53. The first-order valence-electron chi connectivity index (χ1n) is 7.79. The Labute approximate surface area is 130 Å². The lowest BCUT2D eigenvalue weighted by molar-refractivity contribution is -0.120. The van der Waals surface area contributed by atoms with Crippen LogP contribution in [0.15, 0.2) is 36.4 Å². The van der Waals surface area contributed by atoms with Gasteiger partial charge in [0.05, 0.1) is 13.7 Å². The number of ether oxygens (including phenoxy) is 1. The smallest absolute Gasteiger partial charge is 0.234 e. The van der Waals surface area contributed by atoms with Gasteiger partial charge < -0.3 is 15.4 Å². The molecular weight excluding hydrogens is 276 g/mol. The lowest BCUT2D eigenvalue weighted by Crippen LogP contribution is -2.34. The molecule has 4 heteroatoms. The van der Waals surface area contributed by atoms with E-state index in [4.69, 9.17) is 4.74 Å². The van der Waals surface area contributed by atoms with Crippen LogP contribution < -0.4 is 15.4 Å². The number of carbonyl (C=O) groups excluding carboxylic acids is 1. The number of benzene rings is 2. The van der Waals surface area contributed by atoms with Crippen LogP contribution in [0.4, 0.5) is 0 Å². The van der Waals surface area contributed by atoms with Gasteiger partial charge in [0, 0.05) is 6.54 Å². The molecule has 0 bridgehead atoms. The third-order valence-electron chi connectivity index (χ3n) is 4.02. The van der Waals surface area contributed by atoms with Crippen molar-refractivity contribution in [1.29, 1.82) is 0 Å². The number of nitrogens with one attached hydrogen (secondary N) is 2. The van der Waals surface area contributed by atoms with Crippen molar-refractivity contribution < 1.29 is 9.53 Å². The number of hydrogen-bond acceptors (Lipinski definition) is 3. The molecule has 2 aromatic rings. The maximum Gasteiger partial charge on any atom is 0.234 e. The molecule has 3 rings (SSSR count). The van der Waals surface area contributed by atoms with Crippen LogP contribution in [0.3, 0.4) is 0 Å². The normalized spacial score (nSPS) is 14.0. The molecule has 2 aromatic carbocycles. The second-order valence-corrected chi connectivity index (χ2v) is 5.90. The molecule has 0 atom stereocenters. The maximum atomic E-state index is 11.8. The molecule has 0 saturated heterocycles. The minimum Gasteiger partial charge on any atom is -0.497 e. The molecule has 1 saturated carbocycles. The van der Waals surface area contributed by atoms with Crippen LogP contribution in [0.2, 0.25) is 0 Å². The van der Waals surface area contributed by atoms with Gasteiger partial charge >= 0.3 is 0 Å². The summed E-state index contributed by atoms with van der Waals surface area (Å²) in [5.41, 5.74) is 1.10. The van der Waals surface area contributed by atoms with E-state index in [1.165, 1.54) is 12.8 Å². The van der Waals surface area contributed by atoms with Crippen molar-refractivity contribution in [2.75, 3.05) is 20.2 Å². The molecule has 0 aliphatic heterocycles. The molecule has 116 valence electrons. The van der Waals surface area contributed by atoms with E-state index in [0.29, 0.717) is 13.1 Å². The van der Waals surface area contributed by atoms with Crippen LogP contribution in [0.25, 0.3) is 10.8 Å². The lowest BCUT2D eigenvalue weighted by Gasteiger charge is -2.08. The van der Waals surface area contributed by atoms with Crippen LogP contribution in [0.5, 0.6) is 5.75 Å². The van der Waals surface area contributed by atoms with Crippen LogP contribution >= 0.6 is 0 Å². The number of methoxy groups -OCH3 is 1. The van der Waals surface area contributed by atoms with Crippen molar-refractivity contribution in [2.45, 2.75) is 19.4 Å². The Kier molecular flexibility index (Phi) is 4.59. The van der Waals surface area contributed by atoms with Crippen LogP contribution in [-0.2, 0) is 11.3 Å². The highest BCUT2D eigenvalue weighted by atomic mass is 16.5. The summed E-state index contributed by atoms with van der Waals surface area (Å²) in [5.74, 6) is 1.70. The molecule has 0 heterocycles. The Morgan fingerprint density at radius 1 is 1.18 bits per heavy atom. The van der Waals surface area contributed by atoms with E-state index >= 15 is 0 Å². The first kappa shape index (κ1) is 14.9. The topological polar surface area (TPSA) is 50.4 Å². The molecule has 1 aliphatic carbocycles. The summed E-state index contributed by atoms with van der Waals surface area (Å²) in [6.45, 7) is 1.93. The van der Waals surface area contributed by atoms with Crippen LogP contribution in [0, 0.1) is 5.92 Å². The highest BCUT2D eigenvalue weighted by Gasteiger charge is 2.20. The zero-order chi connectivity index (χ0) is 15.4. The largest absolute Gasteiger partial charge is 0.497 e. The molecule has 1 amide bonds. The minimum atomic E-state index is 0.0514. The molecule has 4 nitrogen and oxygen atoms in total. The molecule has 0 spiro atoms. The molecule has 0 aromatic heterocycles. The molecule has 2 N–H and O–H groups in total. The van der Waals surface area contributed by atoms with E-state index in [-0.39, 0.29) is 5.91 Å². The zero-order valence-corrected chi connectivity index (χ0v) is 12.9. The van der Waals surface area contributed by atoms with Crippen molar-refractivity contribution in [3.05, 3.63) is 42.0 Å². The average molecular weight is 298 g/mol. The van der Waals surface area contributed by atoms with E-state index < -0.39 is 0 Å². The van der Waals surface area contributed by atoms with Crippen LogP contribution in [-0.4, -0.2) is 26.1 Å². The van der Waals surface area contributed by atoms with E-state index in [9.17, 15) is 4.79 Å². The zero-order valence-electron chi connectivity index (χ0n) is 12.9. The second-order valence-electron chi connectivity index (χ2n) is 5.90. The first-order chi connectivity index (χ1) is 10.7. The van der Waals surface area contributed by atoms with Gasteiger partial charge in [-0.25, -0.2) is 0 Å². The third-order valence-corrected chi connectivity index (χ3v) is 4.02. The standard InChI is InChI=1S/C18H22N2O2/c1-22-17-7-6-15-8-14(4-5-16(15)9-17)11-20-18(21)12-19-10-13-2-3-13/h4-9,13,19H,2-3,10-12H2,1H3,(H,20,21). The predicted octanol–water partition coefficient (Wildman–Crippen LogP) is 2.46. The predicted molar refractivity (Wildman–Crippen MR) is 87.9 cm³/mol. The van der Waals surface area contributed by atoms with Gasteiger partial charge in [0.25, 0.3) is 0 Å². The number of amides is 1. The Morgan fingerprint density at radius 3 is 2.73 bits per heavy atom. The van der Waals surface area contributed by atoms with E-state index in [1.807, 2.05) is 24.3 Å². The number of carbonyl (C=O) groups is 1. The third kappa shape index (κ3) is 3.98. The Bertz CT molecular complexity index is 665. The molecule has 0 unspecified atom stereocenters. The summed E-state index contributed by atoms with van der Waals surface area (Å²) in [6, 6.07) is 12.2. The fourth-order valence-corrected chi connectivity index (χ4v) is 2.49. The number of rotatable bonds is 7. The van der Waals surface area contributed by atoms with Gasteiger partial charge in [-0.3, -0.25) is 4.79 Å². The fraction of sp³-hybridized carbons (Fsp3) is 0.389. The van der Waals surface area contributed by atoms with Crippen LogP contribution in [0.1, 0.15) is 18.4 Å². The Morgan fingerprint density at radius 2 is 1.95 bits per heavy atom. The number of hydrogen-bond donors (Lipinski definition) is 2. The van der Waals surface area contributed by atoms with E-state index in [2.05, 4.69) is 22.8 Å². The number of fused-ring (bicyclic) bond motifs is 1. The second kappa shape index (κ2) is 6.79. The van der Waals surface area contributed by atoms with Crippen molar-refractivity contribution in [1.82, 2.24) is 10.6 Å². The van der Waals surface area contributed by atoms with Crippen molar-refractivity contribution in [2.24, 2.45) is 5.92 Å². The summed E-state index contributed by atoms with van der Waals surface area (Å²) < 4.78 is 5.23. The van der Waals surface area contributed by atoms with E-state index in [1.54, 1.807) is 7.11 Å². The van der Waals surface area contributed by atoms with Crippen molar-refractivity contribution >= 4 is 16.7 Å². The fourth-order valence-electron chi connectivity index (χ4n) is 2.49. The Hall–Kier alpha value is -2.07. The van der Waals surface area contributed by atoms with Gasteiger partial charge in [0.1, 0.15) is 5.75 Å². The quantitative estimate of drug-likeness (QED) is 0.825. The highest BCUT2D eigenvalue weighted by Crippen LogP contribution is 2.27. The minimum absolute atomic E-state index is 0.0514. The van der Waals surface area contributed by atoms with Gasteiger partial charge in [-0.15, -0.1) is 0 Å². The lowest BCUT2D eigenvalue weighted by atomic mass is 10.1. The van der Waals surface area contributed by atoms with Gasteiger partial charge in [-0.1, -0.05) is 18.2 Å². The molecule has 1 fully saturated rings. The van der Waals surface area contributed by atoms with Gasteiger partial charge in [-0.05, 0) is 59.8 Å². The summed E-state index contributed by atoms with van der Waals surface area (Å²) in [5, 5.41) is 8.45. The summed E-state index contributed by atoms with van der Waals surface area (Å²) in [7, 11) is 1.67. The maximum absolute atomic E-state index is 11.8. The highest BCUT2D eigenvalue weighted by molar-refractivity contribution is 5.84.